The van der Waals surface area contributed by atoms with Crippen molar-refractivity contribution in [1.82, 2.24) is 0 Å². The van der Waals surface area contributed by atoms with Crippen molar-refractivity contribution in [1.29, 1.82) is 0 Å². The van der Waals surface area contributed by atoms with Crippen molar-refractivity contribution in [3.8, 4) is 5.75 Å². The summed E-state index contributed by atoms with van der Waals surface area (Å²) in [6.45, 7) is 5.26. The molecular weight excluding hydrogens is 384 g/mol. The lowest BCUT2D eigenvalue weighted by Gasteiger charge is -2.27. The number of para-hydroxylation sites is 2. The van der Waals surface area contributed by atoms with Crippen LogP contribution in [0.25, 0.3) is 0 Å². The number of hydrogen-bond donors (Lipinski definition) is 1. The van der Waals surface area contributed by atoms with Gasteiger partial charge in [-0.3, -0.25) is 9.59 Å². The lowest BCUT2D eigenvalue weighted by Crippen LogP contribution is -2.41. The Balaban J connectivity index is 1.56. The van der Waals surface area contributed by atoms with E-state index in [1.807, 2.05) is 12.1 Å². The van der Waals surface area contributed by atoms with E-state index < -0.39 is 18.5 Å². The summed E-state index contributed by atoms with van der Waals surface area (Å²) in [5, 5.41) is 2.79. The Morgan fingerprint density at radius 1 is 1.10 bits per heavy atom. The molecule has 0 spiro atoms. The highest BCUT2D eigenvalue weighted by molar-refractivity contribution is 6.05. The van der Waals surface area contributed by atoms with Gasteiger partial charge in [-0.2, -0.15) is 0 Å². The van der Waals surface area contributed by atoms with Crippen molar-refractivity contribution in [2.45, 2.75) is 39.2 Å². The maximum atomic E-state index is 12.8. The van der Waals surface area contributed by atoms with Gasteiger partial charge in [0.25, 0.3) is 5.91 Å². The molecule has 1 N–H and O–H groups in total. The van der Waals surface area contributed by atoms with E-state index in [1.54, 1.807) is 43.3 Å². The number of hydrogen-bond acceptors (Lipinski definition) is 5. The van der Waals surface area contributed by atoms with E-state index in [1.165, 1.54) is 10.5 Å². The van der Waals surface area contributed by atoms with E-state index >= 15 is 0 Å². The van der Waals surface area contributed by atoms with Gasteiger partial charge in [-0.05, 0) is 42.7 Å². The van der Waals surface area contributed by atoms with Crippen molar-refractivity contribution in [2.75, 3.05) is 23.4 Å². The zero-order valence-electron chi connectivity index (χ0n) is 17.4. The van der Waals surface area contributed by atoms with Gasteiger partial charge >= 0.3 is 5.97 Å². The molecule has 0 saturated carbocycles. The number of rotatable bonds is 6. The van der Waals surface area contributed by atoms with E-state index in [0.29, 0.717) is 23.0 Å². The molecule has 1 aliphatic heterocycles. The number of benzene rings is 2. The van der Waals surface area contributed by atoms with Gasteiger partial charge in [0, 0.05) is 12.5 Å². The smallest absolute Gasteiger partial charge is 0.344 e. The quantitative estimate of drug-likeness (QED) is 0.737. The highest BCUT2D eigenvalue weighted by atomic mass is 16.6. The SMILES string of the molecule is CC(C)c1ccc(OCC(=O)OCC(=O)N2c3ccccc3NC(=O)CC2C)cc1. The van der Waals surface area contributed by atoms with Gasteiger partial charge in [0.05, 0.1) is 11.4 Å². The fraction of sp³-hybridized carbons (Fsp3) is 0.348. The first-order valence-electron chi connectivity index (χ1n) is 9.94. The molecule has 0 aromatic heterocycles. The third kappa shape index (κ3) is 5.17. The number of fused-ring (bicyclic) bond motifs is 1. The van der Waals surface area contributed by atoms with Crippen LogP contribution in [0.4, 0.5) is 11.4 Å². The van der Waals surface area contributed by atoms with Crippen LogP contribution >= 0.6 is 0 Å². The molecule has 7 nitrogen and oxygen atoms in total. The molecule has 2 aromatic rings. The third-order valence-corrected chi connectivity index (χ3v) is 4.89. The van der Waals surface area contributed by atoms with Crippen molar-refractivity contribution >= 4 is 29.2 Å². The van der Waals surface area contributed by atoms with Crippen LogP contribution in [0, 0.1) is 0 Å². The van der Waals surface area contributed by atoms with Crippen LogP contribution in [0.1, 0.15) is 38.7 Å². The van der Waals surface area contributed by atoms with Crippen LogP contribution in [0.5, 0.6) is 5.75 Å². The summed E-state index contributed by atoms with van der Waals surface area (Å²) >= 11 is 0. The number of nitrogens with zero attached hydrogens (tertiary/aromatic N) is 1. The maximum absolute atomic E-state index is 12.8. The molecule has 1 heterocycles. The number of carbonyl (C=O) groups excluding carboxylic acids is 3. The molecule has 1 aliphatic rings. The standard InChI is InChI=1S/C23H26N2O5/c1-15(2)17-8-10-18(11-9-17)29-14-23(28)30-13-22(27)25-16(3)12-21(26)24-19-6-4-5-7-20(19)25/h4-11,15-16H,12-14H2,1-3H3,(H,24,26). The predicted octanol–water partition coefficient (Wildman–Crippen LogP) is 3.50. The summed E-state index contributed by atoms with van der Waals surface area (Å²) in [5.74, 6) is -0.240. The molecule has 2 aromatic carbocycles. The summed E-state index contributed by atoms with van der Waals surface area (Å²) < 4.78 is 10.5. The molecule has 0 saturated heterocycles. The molecule has 1 unspecified atom stereocenters. The van der Waals surface area contributed by atoms with Gasteiger partial charge < -0.3 is 19.7 Å². The molecule has 158 valence electrons. The second kappa shape index (κ2) is 9.43. The number of nitrogens with one attached hydrogen (secondary N) is 1. The lowest BCUT2D eigenvalue weighted by molar-refractivity contribution is -0.149. The molecule has 3 rings (SSSR count). The second-order valence-corrected chi connectivity index (χ2v) is 7.56. The van der Waals surface area contributed by atoms with Crippen molar-refractivity contribution in [2.24, 2.45) is 0 Å². The maximum Gasteiger partial charge on any atom is 0.344 e. The zero-order chi connectivity index (χ0) is 21.7. The minimum absolute atomic E-state index is 0.157. The molecule has 0 radical (unpaired) electrons. The van der Waals surface area contributed by atoms with Crippen LogP contribution in [0.2, 0.25) is 0 Å². The fourth-order valence-corrected chi connectivity index (χ4v) is 3.31. The molecule has 0 fully saturated rings. The van der Waals surface area contributed by atoms with Crippen LogP contribution in [0.15, 0.2) is 48.5 Å². The van der Waals surface area contributed by atoms with Crippen LogP contribution in [-0.4, -0.2) is 37.0 Å². The number of ether oxygens (including phenoxy) is 2. The third-order valence-electron chi connectivity index (χ3n) is 4.89. The van der Waals surface area contributed by atoms with Crippen molar-refractivity contribution < 1.29 is 23.9 Å². The van der Waals surface area contributed by atoms with Gasteiger partial charge in [0.1, 0.15) is 5.75 Å². The predicted molar refractivity (Wildman–Crippen MR) is 114 cm³/mol. The summed E-state index contributed by atoms with van der Waals surface area (Å²) in [6, 6.07) is 14.2. The highest BCUT2D eigenvalue weighted by Gasteiger charge is 2.30. The Morgan fingerprint density at radius 2 is 1.80 bits per heavy atom. The molecule has 7 heteroatoms. The average molecular weight is 410 g/mol. The van der Waals surface area contributed by atoms with Crippen molar-refractivity contribution in [3.05, 3.63) is 54.1 Å². The van der Waals surface area contributed by atoms with Gasteiger partial charge in [0.2, 0.25) is 5.91 Å². The Labute approximate surface area is 176 Å². The van der Waals surface area contributed by atoms with E-state index in [2.05, 4.69) is 19.2 Å². The molecular formula is C23H26N2O5. The lowest BCUT2D eigenvalue weighted by atomic mass is 10.0. The average Bonchev–Trinajstić information content (AvgIpc) is 2.84. The Bertz CT molecular complexity index is 923. The zero-order valence-corrected chi connectivity index (χ0v) is 17.4. The first kappa shape index (κ1) is 21.4. The molecule has 0 aliphatic carbocycles. The van der Waals surface area contributed by atoms with E-state index in [0.717, 1.165) is 0 Å². The Hall–Kier alpha value is -3.35. The normalized spacial score (nSPS) is 15.8. The first-order valence-corrected chi connectivity index (χ1v) is 9.94. The van der Waals surface area contributed by atoms with Crippen LogP contribution < -0.4 is 15.0 Å². The van der Waals surface area contributed by atoms with E-state index in [9.17, 15) is 14.4 Å². The van der Waals surface area contributed by atoms with Crippen molar-refractivity contribution in [3.63, 3.8) is 0 Å². The fourth-order valence-electron chi connectivity index (χ4n) is 3.31. The molecule has 30 heavy (non-hydrogen) atoms. The van der Waals surface area contributed by atoms with E-state index in [4.69, 9.17) is 9.47 Å². The van der Waals surface area contributed by atoms with Gasteiger partial charge in [0.15, 0.2) is 13.2 Å². The minimum atomic E-state index is -0.638. The van der Waals surface area contributed by atoms with E-state index in [-0.39, 0.29) is 25.0 Å². The minimum Gasteiger partial charge on any atom is -0.482 e. The summed E-state index contributed by atoms with van der Waals surface area (Å²) in [5.41, 5.74) is 2.31. The number of anilines is 2. The molecule has 2 amide bonds. The monoisotopic (exact) mass is 410 g/mol. The molecule has 0 bridgehead atoms. The highest BCUT2D eigenvalue weighted by Crippen LogP contribution is 2.31. The summed E-state index contributed by atoms with van der Waals surface area (Å²) in [7, 11) is 0. The number of carbonyl (C=O) groups is 3. The topological polar surface area (TPSA) is 84.9 Å². The van der Waals surface area contributed by atoms with Gasteiger partial charge in [-0.25, -0.2) is 4.79 Å². The molecule has 1 atom stereocenters. The summed E-state index contributed by atoms with van der Waals surface area (Å²) in [4.78, 5) is 38.3. The first-order chi connectivity index (χ1) is 14.3. The van der Waals surface area contributed by atoms with Gasteiger partial charge in [-0.15, -0.1) is 0 Å². The van der Waals surface area contributed by atoms with Crippen LogP contribution in [-0.2, 0) is 19.1 Å². The van der Waals surface area contributed by atoms with Crippen LogP contribution in [0.3, 0.4) is 0 Å². The Morgan fingerprint density at radius 3 is 2.50 bits per heavy atom. The summed E-state index contributed by atoms with van der Waals surface area (Å²) in [6.07, 6.45) is 0.157. The second-order valence-electron chi connectivity index (χ2n) is 7.56. The number of amides is 2. The number of esters is 1. The largest absolute Gasteiger partial charge is 0.482 e. The Kier molecular flexibility index (Phi) is 6.72. The van der Waals surface area contributed by atoms with Gasteiger partial charge in [-0.1, -0.05) is 38.1 Å².